The van der Waals surface area contributed by atoms with Crippen LogP contribution < -0.4 is 0 Å². The van der Waals surface area contributed by atoms with E-state index in [0.29, 0.717) is 12.8 Å². The Balaban J connectivity index is 2.39. The van der Waals surface area contributed by atoms with E-state index >= 15 is 0 Å². The van der Waals surface area contributed by atoms with Crippen molar-refractivity contribution >= 4 is 11.9 Å². The van der Waals surface area contributed by atoms with E-state index in [4.69, 9.17) is 5.11 Å². The number of rotatable bonds is 15. The van der Waals surface area contributed by atoms with Crippen molar-refractivity contribution in [2.24, 2.45) is 10.8 Å². The van der Waals surface area contributed by atoms with Crippen LogP contribution in [0.1, 0.15) is 96.6 Å². The Hall–Kier alpha value is -2.04. The van der Waals surface area contributed by atoms with Gasteiger partial charge in [0.05, 0.1) is 10.8 Å². The van der Waals surface area contributed by atoms with Crippen molar-refractivity contribution in [1.29, 1.82) is 0 Å². The maximum atomic E-state index is 11.2. The van der Waals surface area contributed by atoms with Gasteiger partial charge in [0.15, 0.2) is 0 Å². The highest BCUT2D eigenvalue weighted by Gasteiger charge is 2.26. The molecule has 0 aromatic heterocycles. The zero-order valence-electron chi connectivity index (χ0n) is 19.2. The van der Waals surface area contributed by atoms with Crippen molar-refractivity contribution in [3.63, 3.8) is 0 Å². The molecule has 3 N–H and O–H groups in total. The third-order valence-electron chi connectivity index (χ3n) is 6.09. The van der Waals surface area contributed by atoms with Crippen molar-refractivity contribution in [3.05, 3.63) is 29.3 Å². The number of phenolic OH excluding ortho intramolecular Hbond substituents is 1. The summed E-state index contributed by atoms with van der Waals surface area (Å²) in [5.74, 6) is -1.19. The molecule has 1 aromatic carbocycles. The van der Waals surface area contributed by atoms with E-state index in [-0.39, 0.29) is 5.75 Å². The summed E-state index contributed by atoms with van der Waals surface area (Å²) in [5, 5.41) is 28.2. The molecule has 5 heteroatoms. The number of carbonyl (C=O) groups is 2. The van der Waals surface area contributed by atoms with E-state index in [1.54, 1.807) is 33.8 Å². The normalized spacial score (nSPS) is 12.1. The largest absolute Gasteiger partial charge is 0.508 e. The summed E-state index contributed by atoms with van der Waals surface area (Å²) < 4.78 is 0. The van der Waals surface area contributed by atoms with Gasteiger partial charge < -0.3 is 15.3 Å². The molecule has 0 unspecified atom stereocenters. The standard InChI is InChI=1S/C25H40O5/c1-24(2,22(27)28)16-10-6-5-8-12-19-14-15-21(26)18-20(19)13-9-7-11-17-25(3,4)23(29)30/h14-15,18,26H,5-13,16-17H2,1-4H3,(H,27,28)(H,29,30). The van der Waals surface area contributed by atoms with E-state index in [2.05, 4.69) is 0 Å². The first-order valence-corrected chi connectivity index (χ1v) is 11.2. The predicted molar refractivity (Wildman–Crippen MR) is 120 cm³/mol. The molecule has 0 aliphatic carbocycles. The highest BCUT2D eigenvalue weighted by atomic mass is 16.4. The Kier molecular flexibility index (Phi) is 10.4. The number of unbranched alkanes of at least 4 members (excludes halogenated alkanes) is 5. The Bertz CT molecular complexity index is 691. The van der Waals surface area contributed by atoms with Crippen molar-refractivity contribution in [3.8, 4) is 5.75 Å². The van der Waals surface area contributed by atoms with E-state index in [9.17, 15) is 19.8 Å². The lowest BCUT2D eigenvalue weighted by molar-refractivity contribution is -0.148. The SMILES string of the molecule is CC(C)(CCCCCCc1ccc(O)cc1CCCCCC(C)(C)C(=O)O)C(=O)O. The molecule has 0 atom stereocenters. The second-order valence-corrected chi connectivity index (χ2v) is 9.81. The van der Waals surface area contributed by atoms with Crippen molar-refractivity contribution in [1.82, 2.24) is 0 Å². The van der Waals surface area contributed by atoms with Crippen LogP contribution in [0.15, 0.2) is 18.2 Å². The van der Waals surface area contributed by atoms with E-state index in [1.807, 2.05) is 12.1 Å². The summed E-state index contributed by atoms with van der Waals surface area (Å²) in [7, 11) is 0. The second-order valence-electron chi connectivity index (χ2n) is 9.81. The third kappa shape index (κ3) is 9.19. The number of benzene rings is 1. The first-order chi connectivity index (χ1) is 14.0. The molecule has 0 radical (unpaired) electrons. The van der Waals surface area contributed by atoms with Crippen molar-refractivity contribution in [2.45, 2.75) is 98.3 Å². The van der Waals surface area contributed by atoms with Gasteiger partial charge in [-0.1, -0.05) is 38.2 Å². The lowest BCUT2D eigenvalue weighted by Gasteiger charge is -2.18. The van der Waals surface area contributed by atoms with E-state index in [0.717, 1.165) is 57.8 Å². The van der Waals surface area contributed by atoms with Crippen LogP contribution in [-0.2, 0) is 22.4 Å². The first kappa shape index (κ1) is 26.0. The zero-order valence-corrected chi connectivity index (χ0v) is 19.2. The molecule has 0 amide bonds. The maximum absolute atomic E-state index is 11.2. The van der Waals surface area contributed by atoms with E-state index < -0.39 is 22.8 Å². The zero-order chi connectivity index (χ0) is 22.8. The fourth-order valence-corrected chi connectivity index (χ4v) is 3.60. The summed E-state index contributed by atoms with van der Waals surface area (Å²) in [4.78, 5) is 22.3. The van der Waals surface area contributed by atoms with Crippen molar-refractivity contribution in [2.75, 3.05) is 0 Å². The van der Waals surface area contributed by atoms with Crippen molar-refractivity contribution < 1.29 is 24.9 Å². The van der Waals surface area contributed by atoms with Gasteiger partial charge in [-0.15, -0.1) is 0 Å². The molecule has 0 saturated carbocycles. The number of aryl methyl sites for hydroxylation is 2. The van der Waals surface area contributed by atoms with Crippen LogP contribution in [0.2, 0.25) is 0 Å². The summed E-state index contributed by atoms with van der Waals surface area (Å²) >= 11 is 0. The van der Waals surface area contributed by atoms with Gasteiger partial charge in [-0.05, 0) is 89.5 Å². The van der Waals surface area contributed by atoms with Gasteiger partial charge in [0.2, 0.25) is 0 Å². The van der Waals surface area contributed by atoms with Crippen LogP contribution in [0.3, 0.4) is 0 Å². The van der Waals surface area contributed by atoms with Crippen LogP contribution in [0.25, 0.3) is 0 Å². The molecule has 1 aromatic rings. The molecular weight excluding hydrogens is 380 g/mol. The predicted octanol–water partition coefficient (Wildman–Crippen LogP) is 6.21. The molecule has 0 heterocycles. The molecule has 30 heavy (non-hydrogen) atoms. The molecule has 0 bridgehead atoms. The first-order valence-electron chi connectivity index (χ1n) is 11.2. The summed E-state index contributed by atoms with van der Waals surface area (Å²) in [5.41, 5.74) is 1.13. The lowest BCUT2D eigenvalue weighted by atomic mass is 9.86. The summed E-state index contributed by atoms with van der Waals surface area (Å²) in [6.07, 6.45) is 10.2. The number of aromatic hydroxyl groups is 1. The molecule has 5 nitrogen and oxygen atoms in total. The van der Waals surface area contributed by atoms with Crippen LogP contribution in [0, 0.1) is 10.8 Å². The van der Waals surface area contributed by atoms with Crippen LogP contribution >= 0.6 is 0 Å². The maximum Gasteiger partial charge on any atom is 0.309 e. The average molecular weight is 421 g/mol. The minimum atomic E-state index is -0.746. The van der Waals surface area contributed by atoms with Gasteiger partial charge in [0, 0.05) is 0 Å². The topological polar surface area (TPSA) is 94.8 Å². The average Bonchev–Trinajstić information content (AvgIpc) is 2.65. The van der Waals surface area contributed by atoms with Gasteiger partial charge in [-0.3, -0.25) is 9.59 Å². The smallest absolute Gasteiger partial charge is 0.309 e. The van der Waals surface area contributed by atoms with Gasteiger partial charge in [-0.25, -0.2) is 0 Å². The van der Waals surface area contributed by atoms with Crippen LogP contribution in [-0.4, -0.2) is 27.3 Å². The number of hydrogen-bond acceptors (Lipinski definition) is 3. The molecule has 0 aliphatic heterocycles. The number of carboxylic acid groups (broad SMARTS) is 2. The summed E-state index contributed by atoms with van der Waals surface area (Å²) in [6.45, 7) is 7.10. The van der Waals surface area contributed by atoms with Crippen LogP contribution in [0.4, 0.5) is 0 Å². The Morgan fingerprint density at radius 2 is 1.13 bits per heavy atom. The van der Waals surface area contributed by atoms with Crippen LogP contribution in [0.5, 0.6) is 5.75 Å². The lowest BCUT2D eigenvalue weighted by Crippen LogP contribution is -2.23. The molecular formula is C25H40O5. The quantitative estimate of drug-likeness (QED) is 0.293. The fourth-order valence-electron chi connectivity index (χ4n) is 3.60. The third-order valence-corrected chi connectivity index (χ3v) is 6.09. The molecule has 1 rings (SSSR count). The molecule has 0 saturated heterocycles. The van der Waals surface area contributed by atoms with Gasteiger partial charge in [0.25, 0.3) is 0 Å². The highest BCUT2D eigenvalue weighted by molar-refractivity contribution is 5.73. The number of carboxylic acids is 2. The Morgan fingerprint density at radius 3 is 1.63 bits per heavy atom. The summed E-state index contributed by atoms with van der Waals surface area (Å²) in [6, 6.07) is 5.60. The Morgan fingerprint density at radius 1 is 0.700 bits per heavy atom. The van der Waals surface area contributed by atoms with Gasteiger partial charge >= 0.3 is 11.9 Å². The number of hydrogen-bond donors (Lipinski definition) is 3. The minimum Gasteiger partial charge on any atom is -0.508 e. The number of aliphatic carboxylic acids is 2. The Labute approximate surface area is 181 Å². The van der Waals surface area contributed by atoms with Gasteiger partial charge in [0.1, 0.15) is 5.75 Å². The molecule has 0 fully saturated rings. The molecule has 0 spiro atoms. The van der Waals surface area contributed by atoms with Gasteiger partial charge in [-0.2, -0.15) is 0 Å². The molecule has 170 valence electrons. The highest BCUT2D eigenvalue weighted by Crippen LogP contribution is 2.26. The minimum absolute atomic E-state index is 0.289. The van der Waals surface area contributed by atoms with E-state index in [1.165, 1.54) is 11.1 Å². The molecule has 0 aliphatic rings. The number of phenols is 1. The monoisotopic (exact) mass is 420 g/mol. The second kappa shape index (κ2) is 12.0. The fraction of sp³-hybridized carbons (Fsp3) is 0.680.